The lowest BCUT2D eigenvalue weighted by atomic mass is 9.78. The number of anilines is 1. The van der Waals surface area contributed by atoms with Crippen molar-refractivity contribution < 1.29 is 32.6 Å². The molecule has 4 unspecified atom stereocenters. The number of piperidine rings is 1. The number of aromatic nitrogens is 4. The van der Waals surface area contributed by atoms with Crippen molar-refractivity contribution in [2.24, 2.45) is 17.8 Å². The van der Waals surface area contributed by atoms with Gasteiger partial charge in [0.1, 0.15) is 17.4 Å². The Morgan fingerprint density at radius 3 is 2.47 bits per heavy atom. The summed E-state index contributed by atoms with van der Waals surface area (Å²) in [6.07, 6.45) is 7.24. The van der Waals surface area contributed by atoms with Gasteiger partial charge in [-0.05, 0) is 93.0 Å². The molecule has 51 heavy (non-hydrogen) atoms. The largest absolute Gasteiger partial charge is 0.490 e. The normalized spacial score (nSPS) is 25.5. The van der Waals surface area contributed by atoms with Crippen LogP contribution in [0, 0.1) is 17.8 Å². The molecule has 4 fully saturated rings. The minimum atomic E-state index is -4.95. The molecule has 0 spiro atoms. The summed E-state index contributed by atoms with van der Waals surface area (Å²) in [6.45, 7) is 3.57. The number of aliphatic carboxylic acids is 1. The highest BCUT2D eigenvalue weighted by molar-refractivity contribution is 6.00. The van der Waals surface area contributed by atoms with E-state index in [1.165, 1.54) is 6.07 Å². The zero-order chi connectivity index (χ0) is 35.5. The van der Waals surface area contributed by atoms with Gasteiger partial charge in [0.25, 0.3) is 5.91 Å². The predicted molar refractivity (Wildman–Crippen MR) is 183 cm³/mol. The van der Waals surface area contributed by atoms with Gasteiger partial charge < -0.3 is 24.6 Å². The van der Waals surface area contributed by atoms with Crippen molar-refractivity contribution in [2.45, 2.75) is 88.6 Å². The van der Waals surface area contributed by atoms with Gasteiger partial charge in [-0.2, -0.15) is 13.2 Å². The molecule has 4 aliphatic rings. The van der Waals surface area contributed by atoms with Crippen LogP contribution >= 0.6 is 0 Å². The van der Waals surface area contributed by atoms with Gasteiger partial charge in [-0.15, -0.1) is 0 Å². The second-order valence-electron chi connectivity index (χ2n) is 15.0. The minimum absolute atomic E-state index is 0.00356. The molecule has 1 amide bonds. The van der Waals surface area contributed by atoms with E-state index in [1.54, 1.807) is 18.5 Å². The fourth-order valence-electron chi connectivity index (χ4n) is 8.98. The predicted octanol–water partition coefficient (Wildman–Crippen LogP) is 7.29. The molecule has 3 saturated carbocycles. The quantitative estimate of drug-likeness (QED) is 0.196. The SMILES string of the molecule is CC1CC2CC(C1)C(NC(=O)c1ccc(-c3cn(C4CCC4)c4cc(OC5CCN(c6ncccn6)CC5)ccc34)nc1C(F)(F)F)(C(=O)O)C2. The highest BCUT2D eigenvalue weighted by Crippen LogP contribution is 2.51. The van der Waals surface area contributed by atoms with Crippen molar-refractivity contribution in [1.29, 1.82) is 0 Å². The summed E-state index contributed by atoms with van der Waals surface area (Å²) in [5, 5.41) is 13.6. The number of benzene rings is 1. The minimum Gasteiger partial charge on any atom is -0.490 e. The molecule has 13 heteroatoms. The molecule has 0 radical (unpaired) electrons. The average molecular weight is 703 g/mol. The maximum atomic E-state index is 14.7. The summed E-state index contributed by atoms with van der Waals surface area (Å²) in [7, 11) is 0. The van der Waals surface area contributed by atoms with Crippen LogP contribution in [0.15, 0.2) is 55.0 Å². The number of ether oxygens (including phenoxy) is 1. The van der Waals surface area contributed by atoms with Crippen LogP contribution in [0.3, 0.4) is 0 Å². The van der Waals surface area contributed by atoms with Gasteiger partial charge >= 0.3 is 12.1 Å². The van der Waals surface area contributed by atoms with E-state index in [4.69, 9.17) is 4.74 Å². The summed E-state index contributed by atoms with van der Waals surface area (Å²) in [4.78, 5) is 41.1. The Labute approximate surface area is 293 Å². The molecule has 4 aromatic rings. The van der Waals surface area contributed by atoms with Crippen molar-refractivity contribution in [3.63, 3.8) is 0 Å². The molecule has 268 valence electrons. The second-order valence-corrected chi connectivity index (χ2v) is 15.0. The molecule has 1 saturated heterocycles. The lowest BCUT2D eigenvalue weighted by molar-refractivity contribution is -0.146. The number of carboxylic acid groups (broad SMARTS) is 1. The Kier molecular flexibility index (Phi) is 8.41. The Morgan fingerprint density at radius 2 is 1.78 bits per heavy atom. The monoisotopic (exact) mass is 702 g/mol. The molecule has 4 heterocycles. The molecular formula is C38H41F3N6O4. The van der Waals surface area contributed by atoms with Gasteiger partial charge in [0.15, 0.2) is 5.69 Å². The third-order valence-corrected chi connectivity index (χ3v) is 11.6. The molecule has 1 aliphatic heterocycles. The first kappa shape index (κ1) is 33.5. The molecule has 8 rings (SSSR count). The molecule has 2 N–H and O–H groups in total. The molecule has 10 nitrogen and oxygen atoms in total. The van der Waals surface area contributed by atoms with Crippen molar-refractivity contribution in [3.8, 4) is 17.0 Å². The number of halogens is 3. The van der Waals surface area contributed by atoms with E-state index in [1.807, 2.05) is 31.3 Å². The van der Waals surface area contributed by atoms with Crippen LogP contribution in [-0.2, 0) is 11.0 Å². The van der Waals surface area contributed by atoms with E-state index in [2.05, 4.69) is 29.7 Å². The van der Waals surface area contributed by atoms with Crippen molar-refractivity contribution in [2.75, 3.05) is 18.0 Å². The smallest absolute Gasteiger partial charge is 0.434 e. The molecule has 2 bridgehead atoms. The number of pyridine rings is 1. The standard InChI is InChI=1S/C38H41F3N6O4/c1-22-16-23-18-24(17-22)37(20-23,35(49)50)45-34(48)29-8-9-31(44-33(29)38(39,40)41)30-21-47(25-4-2-5-25)32-19-27(6-7-28(30)32)51-26-10-14-46(15-11-26)36-42-12-3-13-43-36/h3,6-9,12-13,19,21-26H,2,4-5,10-11,14-18,20H2,1H3,(H,45,48)(H,49,50). The highest BCUT2D eigenvalue weighted by Gasteiger charge is 2.56. The summed E-state index contributed by atoms with van der Waals surface area (Å²) in [6, 6.07) is 10.2. The molecule has 1 aromatic carbocycles. The second kappa shape index (κ2) is 12.8. The molecular weight excluding hydrogens is 661 g/mol. The third-order valence-electron chi connectivity index (χ3n) is 11.6. The highest BCUT2D eigenvalue weighted by atomic mass is 19.4. The fraction of sp³-hybridized carbons (Fsp3) is 0.500. The van der Waals surface area contributed by atoms with Crippen molar-refractivity contribution >= 4 is 28.7 Å². The van der Waals surface area contributed by atoms with Gasteiger partial charge in [0.2, 0.25) is 5.95 Å². The van der Waals surface area contributed by atoms with Crippen LogP contribution in [0.25, 0.3) is 22.2 Å². The van der Waals surface area contributed by atoms with E-state index in [-0.39, 0.29) is 42.0 Å². The number of carbonyl (C=O) groups is 2. The molecule has 3 aliphatic carbocycles. The average Bonchev–Trinajstić information content (AvgIpc) is 3.57. The molecule has 3 aromatic heterocycles. The number of hydrogen-bond acceptors (Lipinski definition) is 7. The maximum absolute atomic E-state index is 14.7. The first-order valence-corrected chi connectivity index (χ1v) is 18.0. The van der Waals surface area contributed by atoms with Gasteiger partial charge in [0.05, 0.1) is 16.8 Å². The molecule has 4 atom stereocenters. The van der Waals surface area contributed by atoms with Crippen LogP contribution in [0.2, 0.25) is 0 Å². The van der Waals surface area contributed by atoms with Crippen molar-refractivity contribution in [3.05, 3.63) is 66.2 Å². The number of nitrogens with one attached hydrogen (secondary N) is 1. The number of fused-ring (bicyclic) bond motifs is 3. The van der Waals surface area contributed by atoms with E-state index in [0.29, 0.717) is 30.1 Å². The Hall–Kier alpha value is -4.68. The Balaban J connectivity index is 1.08. The van der Waals surface area contributed by atoms with Gasteiger partial charge in [-0.3, -0.25) is 4.79 Å². The number of rotatable bonds is 8. The van der Waals surface area contributed by atoms with E-state index < -0.39 is 34.8 Å². The zero-order valence-electron chi connectivity index (χ0n) is 28.4. The summed E-state index contributed by atoms with van der Waals surface area (Å²) < 4.78 is 52.5. The number of amides is 1. The van der Waals surface area contributed by atoms with E-state index in [0.717, 1.165) is 68.6 Å². The summed E-state index contributed by atoms with van der Waals surface area (Å²) in [5.74, 6) is -0.807. The zero-order valence-corrected chi connectivity index (χ0v) is 28.4. The number of carboxylic acids is 1. The Bertz CT molecular complexity index is 1960. The van der Waals surface area contributed by atoms with E-state index >= 15 is 0 Å². The number of alkyl halides is 3. The number of nitrogens with zero attached hydrogens (tertiary/aromatic N) is 5. The lowest BCUT2D eigenvalue weighted by Gasteiger charge is -2.33. The van der Waals surface area contributed by atoms with Crippen LogP contribution in [0.1, 0.15) is 86.8 Å². The summed E-state index contributed by atoms with van der Waals surface area (Å²) in [5.41, 5.74) is -2.14. The van der Waals surface area contributed by atoms with Crippen LogP contribution in [0.5, 0.6) is 5.75 Å². The van der Waals surface area contributed by atoms with Crippen LogP contribution < -0.4 is 15.0 Å². The van der Waals surface area contributed by atoms with Gasteiger partial charge in [-0.25, -0.2) is 19.7 Å². The topological polar surface area (TPSA) is 122 Å². The maximum Gasteiger partial charge on any atom is 0.434 e. The number of carbonyl (C=O) groups excluding carboxylic acids is 1. The third kappa shape index (κ3) is 6.18. The first-order valence-electron chi connectivity index (χ1n) is 18.0. The van der Waals surface area contributed by atoms with Gasteiger partial charge in [0, 0.05) is 67.6 Å². The van der Waals surface area contributed by atoms with Crippen molar-refractivity contribution in [1.82, 2.24) is 24.8 Å². The van der Waals surface area contributed by atoms with E-state index in [9.17, 15) is 27.9 Å². The van der Waals surface area contributed by atoms with Crippen LogP contribution in [0.4, 0.5) is 19.1 Å². The fourth-order valence-corrected chi connectivity index (χ4v) is 8.98. The summed E-state index contributed by atoms with van der Waals surface area (Å²) >= 11 is 0. The number of hydrogen-bond donors (Lipinski definition) is 2. The van der Waals surface area contributed by atoms with Crippen LogP contribution in [-0.4, -0.2) is 61.2 Å². The first-order chi connectivity index (χ1) is 24.5. The lowest BCUT2D eigenvalue weighted by Crippen LogP contribution is -2.57. The van der Waals surface area contributed by atoms with Gasteiger partial charge in [-0.1, -0.05) is 6.92 Å². The Morgan fingerprint density at radius 1 is 1.02 bits per heavy atom.